The summed E-state index contributed by atoms with van der Waals surface area (Å²) < 4.78 is 45.1. The summed E-state index contributed by atoms with van der Waals surface area (Å²) in [4.78, 5) is 17.3. The topological polar surface area (TPSA) is 53.9 Å². The lowest BCUT2D eigenvalue weighted by Gasteiger charge is -2.19. The third-order valence-corrected chi connectivity index (χ3v) is 6.00. The molecule has 0 unspecified atom stereocenters. The molecule has 0 N–H and O–H groups in total. The first-order chi connectivity index (χ1) is 16.8. The van der Waals surface area contributed by atoms with Crippen LogP contribution in [0.3, 0.4) is 0 Å². The van der Waals surface area contributed by atoms with Gasteiger partial charge in [0.15, 0.2) is 0 Å². The predicted octanol–water partition coefficient (Wildman–Crippen LogP) is 6.24. The third kappa shape index (κ3) is 5.97. The lowest BCUT2D eigenvalue weighted by molar-refractivity contribution is -0.137. The van der Waals surface area contributed by atoms with Gasteiger partial charge in [-0.1, -0.05) is 19.9 Å². The van der Waals surface area contributed by atoms with Crippen molar-refractivity contribution in [2.24, 2.45) is 4.99 Å². The summed E-state index contributed by atoms with van der Waals surface area (Å²) in [5.41, 5.74) is 2.51. The highest BCUT2D eigenvalue weighted by molar-refractivity contribution is 5.99. The monoisotopic (exact) mass is 483 g/mol. The minimum Gasteiger partial charge on any atom is -0.439 e. The van der Waals surface area contributed by atoms with Gasteiger partial charge in [0.25, 0.3) is 0 Å². The smallest absolute Gasteiger partial charge is 0.416 e. The number of anilines is 1. The molecule has 0 saturated carbocycles. The molecule has 184 valence electrons. The molecule has 0 atom stereocenters. The Hall–Kier alpha value is -3.46. The molecule has 0 aliphatic carbocycles. The maximum absolute atomic E-state index is 13.0. The van der Waals surface area contributed by atoms with E-state index in [0.29, 0.717) is 24.0 Å². The van der Waals surface area contributed by atoms with E-state index in [2.05, 4.69) is 33.7 Å². The maximum atomic E-state index is 13.0. The van der Waals surface area contributed by atoms with E-state index in [1.807, 2.05) is 29.2 Å². The van der Waals surface area contributed by atoms with Crippen molar-refractivity contribution < 1.29 is 17.9 Å². The molecule has 35 heavy (non-hydrogen) atoms. The van der Waals surface area contributed by atoms with Crippen molar-refractivity contribution in [1.82, 2.24) is 14.9 Å². The first kappa shape index (κ1) is 24.7. The summed E-state index contributed by atoms with van der Waals surface area (Å²) in [6, 6.07) is 12.7. The number of benzene rings is 2. The number of hydrogen-bond acceptors (Lipinski definition) is 5. The number of hydrogen-bond donors (Lipinski definition) is 0. The fraction of sp³-hybridized carbons (Fsp3) is 0.346. The van der Waals surface area contributed by atoms with Gasteiger partial charge in [-0.15, -0.1) is 0 Å². The van der Waals surface area contributed by atoms with Gasteiger partial charge >= 0.3 is 6.18 Å². The molecule has 0 amide bonds. The minimum absolute atomic E-state index is 0.273. The van der Waals surface area contributed by atoms with Gasteiger partial charge < -0.3 is 9.64 Å². The van der Waals surface area contributed by atoms with E-state index >= 15 is 0 Å². The molecule has 4 rings (SSSR count). The normalized spacial score (nSPS) is 13.9. The summed E-state index contributed by atoms with van der Waals surface area (Å²) >= 11 is 0. The second kappa shape index (κ2) is 10.4. The number of nitrogens with zero attached hydrogens (tertiary/aromatic N) is 5. The van der Waals surface area contributed by atoms with Crippen LogP contribution >= 0.6 is 0 Å². The fourth-order valence-electron chi connectivity index (χ4n) is 4.09. The molecule has 9 heteroatoms. The van der Waals surface area contributed by atoms with Crippen molar-refractivity contribution in [2.45, 2.75) is 39.9 Å². The average molecular weight is 484 g/mol. The van der Waals surface area contributed by atoms with Crippen LogP contribution in [0.1, 0.15) is 37.6 Å². The van der Waals surface area contributed by atoms with E-state index in [4.69, 9.17) is 4.74 Å². The van der Waals surface area contributed by atoms with Crippen molar-refractivity contribution in [3.05, 3.63) is 71.7 Å². The molecule has 6 nitrogen and oxygen atoms in total. The van der Waals surface area contributed by atoms with Crippen LogP contribution in [0.15, 0.2) is 59.9 Å². The van der Waals surface area contributed by atoms with Crippen LogP contribution in [-0.2, 0) is 19.1 Å². The van der Waals surface area contributed by atoms with Gasteiger partial charge in [-0.2, -0.15) is 13.2 Å². The molecule has 3 aromatic rings. The van der Waals surface area contributed by atoms with Crippen LogP contribution < -0.4 is 9.64 Å². The zero-order valence-electron chi connectivity index (χ0n) is 20.0. The number of ether oxygens (including phenoxy) is 1. The van der Waals surface area contributed by atoms with Gasteiger partial charge in [0.05, 0.1) is 16.9 Å². The average Bonchev–Trinajstić information content (AvgIpc) is 3.26. The number of amidine groups is 1. The number of fused-ring (bicyclic) bond motifs is 1. The number of aliphatic imine (C=N–C) groups is 1. The first-order valence-corrected chi connectivity index (χ1v) is 11.6. The Labute approximate surface area is 203 Å². The number of alkyl halides is 3. The second-order valence-electron chi connectivity index (χ2n) is 8.31. The van der Waals surface area contributed by atoms with E-state index in [1.165, 1.54) is 12.4 Å². The van der Waals surface area contributed by atoms with Crippen LogP contribution in [0.5, 0.6) is 11.6 Å². The van der Waals surface area contributed by atoms with Crippen molar-refractivity contribution in [3.8, 4) is 11.6 Å². The standard InChI is InChI=1S/C26H28F3N5O/c1-4-33(5-2)16-22-15-25(31-17-30-22)35-23-9-10-24-19(13-23)11-12-34(24)18(3)32-21-8-6-7-20(14-21)26(27,28)29/h6-10,13-15,17H,4-5,11-12,16H2,1-3H3. The molecule has 0 radical (unpaired) electrons. The SMILES string of the molecule is CCN(CC)Cc1cc(Oc2ccc3c(c2)CCN3C(C)=Nc2cccc(C(F)(F)F)c2)ncn1. The predicted molar refractivity (Wildman–Crippen MR) is 130 cm³/mol. The number of rotatable bonds is 7. The zero-order chi connectivity index (χ0) is 25.0. The molecule has 2 aromatic carbocycles. The summed E-state index contributed by atoms with van der Waals surface area (Å²) in [6.07, 6.45) is -2.11. The molecular formula is C26H28F3N5O. The van der Waals surface area contributed by atoms with Gasteiger partial charge in [0.2, 0.25) is 5.88 Å². The van der Waals surface area contributed by atoms with Gasteiger partial charge in [0, 0.05) is 24.8 Å². The molecule has 2 heterocycles. The second-order valence-corrected chi connectivity index (χ2v) is 8.31. The van der Waals surface area contributed by atoms with Crippen molar-refractivity contribution in [2.75, 3.05) is 24.5 Å². The van der Waals surface area contributed by atoms with Crippen molar-refractivity contribution in [1.29, 1.82) is 0 Å². The highest BCUT2D eigenvalue weighted by atomic mass is 19.4. The summed E-state index contributed by atoms with van der Waals surface area (Å²) in [5.74, 6) is 1.79. The Morgan fingerprint density at radius 1 is 1.09 bits per heavy atom. The van der Waals surface area contributed by atoms with Crippen LogP contribution in [-0.4, -0.2) is 40.3 Å². The van der Waals surface area contributed by atoms with E-state index in [0.717, 1.165) is 55.1 Å². The molecule has 0 saturated heterocycles. The van der Waals surface area contributed by atoms with Crippen molar-refractivity contribution >= 4 is 17.2 Å². The largest absolute Gasteiger partial charge is 0.439 e. The van der Waals surface area contributed by atoms with Crippen LogP contribution in [0.25, 0.3) is 0 Å². The lowest BCUT2D eigenvalue weighted by atomic mass is 10.1. The molecule has 0 bridgehead atoms. The van der Waals surface area contributed by atoms with Crippen LogP contribution in [0.2, 0.25) is 0 Å². The number of aromatic nitrogens is 2. The molecular weight excluding hydrogens is 455 g/mol. The lowest BCUT2D eigenvalue weighted by Crippen LogP contribution is -2.26. The molecule has 1 aromatic heterocycles. The quantitative estimate of drug-likeness (QED) is 0.294. The van der Waals surface area contributed by atoms with Crippen molar-refractivity contribution in [3.63, 3.8) is 0 Å². The summed E-state index contributed by atoms with van der Waals surface area (Å²) in [6.45, 7) is 9.33. The summed E-state index contributed by atoms with van der Waals surface area (Å²) in [5, 5.41) is 0. The Balaban J connectivity index is 1.49. The molecule has 1 aliphatic heterocycles. The van der Waals surface area contributed by atoms with Crippen LogP contribution in [0, 0.1) is 0 Å². The van der Waals surface area contributed by atoms with E-state index in [1.54, 1.807) is 13.0 Å². The maximum Gasteiger partial charge on any atom is 0.416 e. The number of halogens is 3. The molecule has 1 aliphatic rings. The van der Waals surface area contributed by atoms with E-state index in [-0.39, 0.29) is 5.69 Å². The third-order valence-electron chi connectivity index (χ3n) is 6.00. The summed E-state index contributed by atoms with van der Waals surface area (Å²) in [7, 11) is 0. The van der Waals surface area contributed by atoms with Gasteiger partial charge in [-0.05, 0) is 68.4 Å². The van der Waals surface area contributed by atoms with Gasteiger partial charge in [-0.25, -0.2) is 15.0 Å². The Kier molecular flexibility index (Phi) is 7.35. The van der Waals surface area contributed by atoms with E-state index in [9.17, 15) is 13.2 Å². The Bertz CT molecular complexity index is 1210. The molecule has 0 spiro atoms. The van der Waals surface area contributed by atoms with Gasteiger partial charge in [-0.3, -0.25) is 4.90 Å². The first-order valence-electron chi connectivity index (χ1n) is 11.6. The fourth-order valence-corrected chi connectivity index (χ4v) is 4.09. The Morgan fingerprint density at radius 3 is 2.63 bits per heavy atom. The Morgan fingerprint density at radius 2 is 1.89 bits per heavy atom. The van der Waals surface area contributed by atoms with Gasteiger partial charge in [0.1, 0.15) is 17.9 Å². The highest BCUT2D eigenvalue weighted by Crippen LogP contribution is 2.34. The zero-order valence-corrected chi connectivity index (χ0v) is 20.0. The van der Waals surface area contributed by atoms with E-state index < -0.39 is 11.7 Å². The highest BCUT2D eigenvalue weighted by Gasteiger charge is 2.30. The van der Waals surface area contributed by atoms with Crippen LogP contribution in [0.4, 0.5) is 24.5 Å². The minimum atomic E-state index is -4.40. The molecule has 0 fully saturated rings.